The lowest BCUT2D eigenvalue weighted by molar-refractivity contribution is -0.0334. The molecule has 1 saturated heterocycles. The molecule has 0 bridgehead atoms. The normalized spacial score (nSPS) is 19.6. The van der Waals surface area contributed by atoms with Crippen molar-refractivity contribution in [1.82, 2.24) is 10.3 Å². The van der Waals surface area contributed by atoms with Crippen LogP contribution in [0.25, 0.3) is 0 Å². The summed E-state index contributed by atoms with van der Waals surface area (Å²) in [6, 6.07) is 2.06. The van der Waals surface area contributed by atoms with E-state index >= 15 is 0 Å². The molecule has 1 N–H and O–H groups in total. The van der Waals surface area contributed by atoms with E-state index in [-0.39, 0.29) is 5.60 Å². The molecule has 88 valence electrons. The first kappa shape index (κ1) is 12.0. The van der Waals surface area contributed by atoms with Crippen molar-refractivity contribution in [2.45, 2.75) is 24.9 Å². The third kappa shape index (κ3) is 2.62. The molecular formula is C12H17BrN2O. The number of aromatic nitrogens is 1. The van der Waals surface area contributed by atoms with Gasteiger partial charge in [0.15, 0.2) is 0 Å². The van der Waals surface area contributed by atoms with Gasteiger partial charge in [-0.2, -0.15) is 0 Å². The molecule has 0 spiro atoms. The van der Waals surface area contributed by atoms with Crippen LogP contribution in [0, 0.1) is 0 Å². The zero-order chi connectivity index (χ0) is 11.4. The first-order valence-corrected chi connectivity index (χ1v) is 6.39. The van der Waals surface area contributed by atoms with Crippen LogP contribution in [0.5, 0.6) is 0 Å². The van der Waals surface area contributed by atoms with Gasteiger partial charge in [0, 0.05) is 30.4 Å². The van der Waals surface area contributed by atoms with Crippen LogP contribution < -0.4 is 5.32 Å². The monoisotopic (exact) mass is 284 g/mol. The SMILES string of the molecule is COC1(Cc2ccncc2Br)CCNCC1. The number of rotatable bonds is 3. The molecule has 0 amide bonds. The molecule has 0 unspecified atom stereocenters. The number of halogens is 1. The molecule has 3 nitrogen and oxygen atoms in total. The van der Waals surface area contributed by atoms with Crippen LogP contribution in [0.3, 0.4) is 0 Å². The van der Waals surface area contributed by atoms with E-state index in [4.69, 9.17) is 4.74 Å². The maximum absolute atomic E-state index is 5.76. The summed E-state index contributed by atoms with van der Waals surface area (Å²) in [6.45, 7) is 2.08. The Morgan fingerprint density at radius 2 is 2.25 bits per heavy atom. The number of hydrogen-bond donors (Lipinski definition) is 1. The van der Waals surface area contributed by atoms with Crippen molar-refractivity contribution in [3.05, 3.63) is 28.5 Å². The Hall–Kier alpha value is -0.450. The van der Waals surface area contributed by atoms with Crippen LogP contribution >= 0.6 is 15.9 Å². The highest BCUT2D eigenvalue weighted by Crippen LogP contribution is 2.29. The Labute approximate surface area is 105 Å². The van der Waals surface area contributed by atoms with Gasteiger partial charge in [0.25, 0.3) is 0 Å². The average Bonchev–Trinajstić information content (AvgIpc) is 2.33. The summed E-state index contributed by atoms with van der Waals surface area (Å²) < 4.78 is 6.83. The van der Waals surface area contributed by atoms with Crippen LogP contribution in [0.15, 0.2) is 22.9 Å². The first-order chi connectivity index (χ1) is 7.76. The number of pyridine rings is 1. The molecule has 1 aromatic rings. The largest absolute Gasteiger partial charge is 0.378 e. The summed E-state index contributed by atoms with van der Waals surface area (Å²) in [5, 5.41) is 3.37. The molecule has 2 heterocycles. The van der Waals surface area contributed by atoms with Gasteiger partial charge in [0.2, 0.25) is 0 Å². The van der Waals surface area contributed by atoms with Crippen molar-refractivity contribution in [1.29, 1.82) is 0 Å². The smallest absolute Gasteiger partial charge is 0.0743 e. The Bertz CT molecular complexity index is 351. The predicted molar refractivity (Wildman–Crippen MR) is 67.5 cm³/mol. The Morgan fingerprint density at radius 1 is 1.50 bits per heavy atom. The van der Waals surface area contributed by atoms with Crippen LogP contribution in [-0.2, 0) is 11.2 Å². The number of ether oxygens (including phenoxy) is 1. The molecule has 0 aromatic carbocycles. The highest BCUT2D eigenvalue weighted by Gasteiger charge is 2.32. The Morgan fingerprint density at radius 3 is 2.88 bits per heavy atom. The second-order valence-corrected chi connectivity index (χ2v) is 5.14. The molecule has 16 heavy (non-hydrogen) atoms. The van der Waals surface area contributed by atoms with Gasteiger partial charge in [-0.15, -0.1) is 0 Å². The Balaban J connectivity index is 2.15. The van der Waals surface area contributed by atoms with Crippen molar-refractivity contribution < 1.29 is 4.74 Å². The second-order valence-electron chi connectivity index (χ2n) is 4.28. The molecular weight excluding hydrogens is 268 g/mol. The van der Waals surface area contributed by atoms with Crippen molar-refractivity contribution in [3.8, 4) is 0 Å². The van der Waals surface area contributed by atoms with E-state index in [9.17, 15) is 0 Å². The molecule has 0 aliphatic carbocycles. The van der Waals surface area contributed by atoms with E-state index in [2.05, 4.69) is 32.3 Å². The standard InChI is InChI=1S/C12H17BrN2O/c1-16-12(3-6-14-7-4-12)8-10-2-5-15-9-11(10)13/h2,5,9,14H,3-4,6-8H2,1H3. The maximum atomic E-state index is 5.76. The van der Waals surface area contributed by atoms with Gasteiger partial charge in [-0.05, 0) is 53.5 Å². The topological polar surface area (TPSA) is 34.1 Å². The molecule has 1 fully saturated rings. The number of nitrogens with zero attached hydrogens (tertiary/aromatic N) is 1. The summed E-state index contributed by atoms with van der Waals surface area (Å²) in [5.74, 6) is 0. The van der Waals surface area contributed by atoms with Crippen molar-refractivity contribution in [2.75, 3.05) is 20.2 Å². The fourth-order valence-corrected chi connectivity index (χ4v) is 2.62. The Kier molecular flexibility index (Phi) is 3.95. The molecule has 0 radical (unpaired) electrons. The summed E-state index contributed by atoms with van der Waals surface area (Å²) in [5.41, 5.74) is 1.27. The molecule has 1 aliphatic rings. The minimum absolute atomic E-state index is 0.00484. The van der Waals surface area contributed by atoms with E-state index in [1.807, 2.05) is 19.5 Å². The lowest BCUT2D eigenvalue weighted by Gasteiger charge is -2.36. The molecule has 4 heteroatoms. The van der Waals surface area contributed by atoms with Gasteiger partial charge in [0.05, 0.1) is 5.60 Å². The maximum Gasteiger partial charge on any atom is 0.0743 e. The van der Waals surface area contributed by atoms with Gasteiger partial charge in [0.1, 0.15) is 0 Å². The third-order valence-corrected chi connectivity index (χ3v) is 4.03. The van der Waals surface area contributed by atoms with Crippen molar-refractivity contribution >= 4 is 15.9 Å². The third-order valence-electron chi connectivity index (χ3n) is 3.32. The van der Waals surface area contributed by atoms with Crippen LogP contribution in [0.1, 0.15) is 18.4 Å². The van der Waals surface area contributed by atoms with Crippen LogP contribution in [0.4, 0.5) is 0 Å². The summed E-state index contributed by atoms with van der Waals surface area (Å²) in [7, 11) is 1.82. The van der Waals surface area contributed by atoms with Gasteiger partial charge >= 0.3 is 0 Å². The van der Waals surface area contributed by atoms with Crippen molar-refractivity contribution in [3.63, 3.8) is 0 Å². The zero-order valence-corrected chi connectivity index (χ0v) is 11.1. The van der Waals surface area contributed by atoms with E-state index in [1.54, 1.807) is 0 Å². The number of methoxy groups -OCH3 is 1. The second kappa shape index (κ2) is 5.25. The molecule has 0 saturated carbocycles. The van der Waals surface area contributed by atoms with Gasteiger partial charge in [-0.25, -0.2) is 0 Å². The predicted octanol–water partition coefficient (Wildman–Crippen LogP) is 2.16. The van der Waals surface area contributed by atoms with E-state index < -0.39 is 0 Å². The van der Waals surface area contributed by atoms with Gasteiger partial charge in [-0.1, -0.05) is 0 Å². The number of hydrogen-bond acceptors (Lipinski definition) is 3. The lowest BCUT2D eigenvalue weighted by atomic mass is 9.86. The summed E-state index contributed by atoms with van der Waals surface area (Å²) in [6.07, 6.45) is 6.77. The van der Waals surface area contributed by atoms with E-state index in [0.29, 0.717) is 0 Å². The quantitative estimate of drug-likeness (QED) is 0.924. The molecule has 1 aliphatic heterocycles. The average molecular weight is 285 g/mol. The van der Waals surface area contributed by atoms with E-state index in [1.165, 1.54) is 5.56 Å². The molecule has 1 aromatic heterocycles. The summed E-state index contributed by atoms with van der Waals surface area (Å²) in [4.78, 5) is 4.09. The first-order valence-electron chi connectivity index (χ1n) is 5.60. The zero-order valence-electron chi connectivity index (χ0n) is 9.50. The summed E-state index contributed by atoms with van der Waals surface area (Å²) >= 11 is 3.54. The van der Waals surface area contributed by atoms with Crippen LogP contribution in [-0.4, -0.2) is 30.8 Å². The minimum atomic E-state index is -0.00484. The van der Waals surface area contributed by atoms with Gasteiger partial charge in [-0.3, -0.25) is 4.98 Å². The highest BCUT2D eigenvalue weighted by atomic mass is 79.9. The number of piperidine rings is 1. The minimum Gasteiger partial charge on any atom is -0.378 e. The fraction of sp³-hybridized carbons (Fsp3) is 0.583. The van der Waals surface area contributed by atoms with E-state index in [0.717, 1.165) is 36.8 Å². The highest BCUT2D eigenvalue weighted by molar-refractivity contribution is 9.10. The fourth-order valence-electron chi connectivity index (χ4n) is 2.23. The lowest BCUT2D eigenvalue weighted by Crippen LogP contribution is -2.45. The van der Waals surface area contributed by atoms with Crippen molar-refractivity contribution in [2.24, 2.45) is 0 Å². The van der Waals surface area contributed by atoms with Gasteiger partial charge < -0.3 is 10.1 Å². The molecule has 0 atom stereocenters. The van der Waals surface area contributed by atoms with Crippen LogP contribution in [0.2, 0.25) is 0 Å². The molecule has 2 rings (SSSR count). The number of nitrogens with one attached hydrogen (secondary N) is 1.